The van der Waals surface area contributed by atoms with Crippen LogP contribution < -0.4 is 5.32 Å². The van der Waals surface area contributed by atoms with E-state index in [1.807, 2.05) is 5.38 Å². The molecule has 2 unspecified atom stereocenters. The van der Waals surface area contributed by atoms with Crippen LogP contribution in [0.1, 0.15) is 43.0 Å². The monoisotopic (exact) mass is 295 g/mol. The molecule has 1 saturated carbocycles. The highest BCUT2D eigenvalue weighted by atomic mass is 32.1. The summed E-state index contributed by atoms with van der Waals surface area (Å²) in [6, 6.07) is 2.09. The third-order valence-corrected chi connectivity index (χ3v) is 5.00. The van der Waals surface area contributed by atoms with Crippen molar-refractivity contribution in [1.82, 2.24) is 5.32 Å². The minimum atomic E-state index is -0.769. The molecule has 0 aromatic carbocycles. The van der Waals surface area contributed by atoms with E-state index in [0.717, 1.165) is 19.3 Å². The van der Waals surface area contributed by atoms with Crippen LogP contribution >= 0.6 is 11.3 Å². The highest BCUT2D eigenvalue weighted by molar-refractivity contribution is 7.10. The number of carbonyl (C=O) groups is 2. The molecule has 2 N–H and O–H groups in total. The molecule has 1 fully saturated rings. The smallest absolute Gasteiger partial charge is 0.306 e. The van der Waals surface area contributed by atoms with Gasteiger partial charge in [0.2, 0.25) is 5.91 Å². The Morgan fingerprint density at radius 1 is 1.40 bits per heavy atom. The second kappa shape index (κ2) is 6.88. The molecule has 1 aromatic rings. The van der Waals surface area contributed by atoms with Crippen LogP contribution in [0.5, 0.6) is 0 Å². The minimum absolute atomic E-state index is 0.00593. The summed E-state index contributed by atoms with van der Waals surface area (Å²) in [7, 11) is 0. The molecule has 2 atom stereocenters. The first-order valence-electron chi connectivity index (χ1n) is 7.17. The number of amides is 1. The third kappa shape index (κ3) is 3.60. The van der Waals surface area contributed by atoms with Gasteiger partial charge in [0.1, 0.15) is 0 Å². The van der Waals surface area contributed by atoms with Crippen LogP contribution in [0, 0.1) is 11.8 Å². The van der Waals surface area contributed by atoms with Gasteiger partial charge in [0.25, 0.3) is 0 Å². The van der Waals surface area contributed by atoms with Crippen molar-refractivity contribution in [2.24, 2.45) is 11.8 Å². The van der Waals surface area contributed by atoms with E-state index in [0.29, 0.717) is 19.4 Å². The topological polar surface area (TPSA) is 66.4 Å². The number of hydrogen-bond acceptors (Lipinski definition) is 3. The van der Waals surface area contributed by atoms with Gasteiger partial charge in [-0.1, -0.05) is 13.3 Å². The van der Waals surface area contributed by atoms with Crippen molar-refractivity contribution in [2.45, 2.75) is 45.6 Å². The number of hydrogen-bond donors (Lipinski definition) is 2. The summed E-state index contributed by atoms with van der Waals surface area (Å²) in [6.45, 7) is 2.67. The van der Waals surface area contributed by atoms with E-state index in [1.165, 1.54) is 10.4 Å². The molecule has 1 aliphatic carbocycles. The number of carboxylic acid groups (broad SMARTS) is 1. The summed E-state index contributed by atoms with van der Waals surface area (Å²) in [5.74, 6) is -1.26. The van der Waals surface area contributed by atoms with Gasteiger partial charge < -0.3 is 10.4 Å². The van der Waals surface area contributed by atoms with Crippen molar-refractivity contribution in [1.29, 1.82) is 0 Å². The number of aryl methyl sites for hydroxylation is 1. The molecule has 0 spiro atoms. The van der Waals surface area contributed by atoms with Crippen molar-refractivity contribution in [3.05, 3.63) is 21.9 Å². The maximum atomic E-state index is 12.2. The summed E-state index contributed by atoms with van der Waals surface area (Å²) in [5.41, 5.74) is 1.28. The zero-order chi connectivity index (χ0) is 14.5. The van der Waals surface area contributed by atoms with E-state index in [2.05, 4.69) is 18.3 Å². The second-order valence-electron chi connectivity index (χ2n) is 5.34. The largest absolute Gasteiger partial charge is 0.481 e. The van der Waals surface area contributed by atoms with E-state index in [-0.39, 0.29) is 17.7 Å². The maximum Gasteiger partial charge on any atom is 0.306 e. The number of aliphatic carboxylic acids is 1. The third-order valence-electron chi connectivity index (χ3n) is 4.04. The molecule has 0 radical (unpaired) electrons. The highest BCUT2D eigenvalue weighted by Crippen LogP contribution is 2.29. The molecule has 4 nitrogen and oxygen atoms in total. The highest BCUT2D eigenvalue weighted by Gasteiger charge is 2.30. The molecule has 1 heterocycles. The van der Waals surface area contributed by atoms with Gasteiger partial charge in [0.15, 0.2) is 0 Å². The Labute approximate surface area is 123 Å². The van der Waals surface area contributed by atoms with E-state index < -0.39 is 5.97 Å². The summed E-state index contributed by atoms with van der Waals surface area (Å²) < 4.78 is 0. The molecule has 0 saturated heterocycles. The molecule has 5 heteroatoms. The Hall–Kier alpha value is -1.36. The molecular weight excluding hydrogens is 274 g/mol. The SMILES string of the molecule is CCc1ccsc1CNC(=O)C1CCCC(C(=O)O)C1. The van der Waals surface area contributed by atoms with Crippen LogP contribution in [0.25, 0.3) is 0 Å². The lowest BCUT2D eigenvalue weighted by atomic mass is 9.81. The lowest BCUT2D eigenvalue weighted by Gasteiger charge is -2.25. The molecule has 0 bridgehead atoms. The number of nitrogens with one attached hydrogen (secondary N) is 1. The zero-order valence-corrected chi connectivity index (χ0v) is 12.5. The van der Waals surface area contributed by atoms with Crippen LogP contribution in [0.2, 0.25) is 0 Å². The predicted molar refractivity (Wildman–Crippen MR) is 78.6 cm³/mol. The molecule has 110 valence electrons. The average Bonchev–Trinajstić information content (AvgIpc) is 2.92. The van der Waals surface area contributed by atoms with Gasteiger partial charge in [-0.25, -0.2) is 0 Å². The molecule has 1 aromatic heterocycles. The standard InChI is InChI=1S/C15H21NO3S/c1-2-10-6-7-20-13(10)9-16-14(17)11-4-3-5-12(8-11)15(18)19/h6-7,11-12H,2-5,8-9H2,1H3,(H,16,17)(H,18,19). The van der Waals surface area contributed by atoms with Crippen molar-refractivity contribution >= 4 is 23.2 Å². The van der Waals surface area contributed by atoms with Crippen LogP contribution in [-0.4, -0.2) is 17.0 Å². The van der Waals surface area contributed by atoms with Gasteiger partial charge >= 0.3 is 5.97 Å². The van der Waals surface area contributed by atoms with Crippen LogP contribution in [0.4, 0.5) is 0 Å². The second-order valence-corrected chi connectivity index (χ2v) is 6.34. The Morgan fingerprint density at radius 3 is 2.85 bits per heavy atom. The van der Waals surface area contributed by atoms with Gasteiger partial charge in [-0.15, -0.1) is 11.3 Å². The van der Waals surface area contributed by atoms with Crippen LogP contribution in [0.3, 0.4) is 0 Å². The van der Waals surface area contributed by atoms with Crippen LogP contribution in [-0.2, 0) is 22.6 Å². The van der Waals surface area contributed by atoms with Gasteiger partial charge in [-0.3, -0.25) is 9.59 Å². The number of carbonyl (C=O) groups excluding carboxylic acids is 1. The van der Waals surface area contributed by atoms with Crippen molar-refractivity contribution in [2.75, 3.05) is 0 Å². The fourth-order valence-corrected chi connectivity index (χ4v) is 3.72. The summed E-state index contributed by atoms with van der Waals surface area (Å²) in [5, 5.41) is 14.1. The van der Waals surface area contributed by atoms with Crippen molar-refractivity contribution in [3.8, 4) is 0 Å². The van der Waals surface area contributed by atoms with Gasteiger partial charge in [0.05, 0.1) is 12.5 Å². The molecule has 1 aliphatic rings. The lowest BCUT2D eigenvalue weighted by Crippen LogP contribution is -2.35. The first-order chi connectivity index (χ1) is 9.61. The van der Waals surface area contributed by atoms with E-state index in [1.54, 1.807) is 11.3 Å². The molecule has 1 amide bonds. The normalized spacial score (nSPS) is 22.4. The Kier molecular flexibility index (Phi) is 5.17. The maximum absolute atomic E-state index is 12.2. The molecule has 2 rings (SSSR count). The summed E-state index contributed by atoms with van der Waals surface area (Å²) in [4.78, 5) is 24.4. The Bertz CT molecular complexity index is 483. The van der Waals surface area contributed by atoms with Gasteiger partial charge in [0, 0.05) is 10.8 Å². The van der Waals surface area contributed by atoms with Crippen molar-refractivity contribution < 1.29 is 14.7 Å². The number of carboxylic acids is 1. The zero-order valence-electron chi connectivity index (χ0n) is 11.7. The van der Waals surface area contributed by atoms with E-state index >= 15 is 0 Å². The van der Waals surface area contributed by atoms with Gasteiger partial charge in [-0.05, 0) is 42.7 Å². The van der Waals surface area contributed by atoms with E-state index in [4.69, 9.17) is 5.11 Å². The number of rotatable bonds is 5. The Balaban J connectivity index is 1.87. The fourth-order valence-electron chi connectivity index (χ4n) is 2.80. The molecular formula is C15H21NO3S. The first-order valence-corrected chi connectivity index (χ1v) is 8.05. The number of thiophene rings is 1. The predicted octanol–water partition coefficient (Wildman–Crippen LogP) is 2.82. The average molecular weight is 295 g/mol. The quantitative estimate of drug-likeness (QED) is 0.878. The Morgan fingerprint density at radius 2 is 2.15 bits per heavy atom. The summed E-state index contributed by atoms with van der Waals surface area (Å²) in [6.07, 6.45) is 3.78. The fraction of sp³-hybridized carbons (Fsp3) is 0.600. The first kappa shape index (κ1) is 15.0. The van der Waals surface area contributed by atoms with Gasteiger partial charge in [-0.2, -0.15) is 0 Å². The molecule has 20 heavy (non-hydrogen) atoms. The lowest BCUT2D eigenvalue weighted by molar-refractivity contribution is -0.144. The van der Waals surface area contributed by atoms with Crippen LogP contribution in [0.15, 0.2) is 11.4 Å². The minimum Gasteiger partial charge on any atom is -0.481 e. The molecule has 0 aliphatic heterocycles. The summed E-state index contributed by atoms with van der Waals surface area (Å²) >= 11 is 1.66. The van der Waals surface area contributed by atoms with Crippen molar-refractivity contribution in [3.63, 3.8) is 0 Å². The van der Waals surface area contributed by atoms with E-state index in [9.17, 15) is 9.59 Å².